The van der Waals surface area contributed by atoms with Crippen molar-refractivity contribution in [3.63, 3.8) is 0 Å². The van der Waals surface area contributed by atoms with E-state index in [0.29, 0.717) is 32.4 Å². The van der Waals surface area contributed by atoms with Gasteiger partial charge in [-0.2, -0.15) is 0 Å². The molecule has 0 spiro atoms. The molecule has 122 valence electrons. The van der Waals surface area contributed by atoms with E-state index in [1.165, 1.54) is 0 Å². The first-order valence-electron chi connectivity index (χ1n) is 8.28. The average molecular weight is 298 g/mol. The third-order valence-corrected chi connectivity index (χ3v) is 4.65. The van der Waals surface area contributed by atoms with Crippen molar-refractivity contribution in [3.8, 4) is 0 Å². The summed E-state index contributed by atoms with van der Waals surface area (Å²) in [5.74, 6) is -0.707. The van der Waals surface area contributed by atoms with Crippen LogP contribution in [0.1, 0.15) is 65.7 Å². The lowest BCUT2D eigenvalue weighted by Crippen LogP contribution is -2.51. The molecule has 5 heteroatoms. The highest BCUT2D eigenvalue weighted by Gasteiger charge is 2.41. The second kappa shape index (κ2) is 8.25. The fourth-order valence-corrected chi connectivity index (χ4v) is 3.18. The van der Waals surface area contributed by atoms with Crippen LogP contribution in [0.3, 0.4) is 0 Å². The molecule has 1 aliphatic rings. The minimum Gasteiger partial charge on any atom is -0.481 e. The van der Waals surface area contributed by atoms with Crippen molar-refractivity contribution in [3.05, 3.63) is 0 Å². The van der Waals surface area contributed by atoms with E-state index in [0.717, 1.165) is 25.7 Å². The summed E-state index contributed by atoms with van der Waals surface area (Å²) in [5.41, 5.74) is -0.626. The third-order valence-electron chi connectivity index (χ3n) is 4.65. The maximum atomic E-state index is 12.2. The number of urea groups is 1. The number of carbonyl (C=O) groups excluding carboxylic acids is 1. The van der Waals surface area contributed by atoms with Crippen molar-refractivity contribution in [1.29, 1.82) is 0 Å². The first kappa shape index (κ1) is 17.8. The normalized spacial score (nSPS) is 19.1. The summed E-state index contributed by atoms with van der Waals surface area (Å²) < 4.78 is 0. The molecule has 0 aromatic rings. The van der Waals surface area contributed by atoms with Crippen LogP contribution in [0.2, 0.25) is 0 Å². The minimum atomic E-state index is -0.707. The van der Waals surface area contributed by atoms with Crippen LogP contribution in [-0.2, 0) is 4.79 Å². The van der Waals surface area contributed by atoms with E-state index in [1.807, 2.05) is 6.92 Å². The van der Waals surface area contributed by atoms with E-state index in [2.05, 4.69) is 19.2 Å². The summed E-state index contributed by atoms with van der Waals surface area (Å²) in [6.45, 7) is 7.29. The summed E-state index contributed by atoms with van der Waals surface area (Å²) >= 11 is 0. The molecule has 0 aromatic heterocycles. The number of nitrogens with one attached hydrogen (secondary N) is 1. The maximum Gasteiger partial charge on any atom is 0.317 e. The van der Waals surface area contributed by atoms with E-state index in [9.17, 15) is 14.7 Å². The first-order chi connectivity index (χ1) is 9.99. The summed E-state index contributed by atoms with van der Waals surface area (Å²) in [6.07, 6.45) is 5.67. The Hall–Kier alpha value is -1.26. The summed E-state index contributed by atoms with van der Waals surface area (Å²) in [4.78, 5) is 25.6. The van der Waals surface area contributed by atoms with Gasteiger partial charge in [-0.05, 0) is 32.1 Å². The number of piperidine rings is 1. The molecule has 1 unspecified atom stereocenters. The molecule has 1 aliphatic heterocycles. The summed E-state index contributed by atoms with van der Waals surface area (Å²) in [5, 5.41) is 12.5. The zero-order valence-corrected chi connectivity index (χ0v) is 13.7. The molecule has 2 N–H and O–H groups in total. The number of carbonyl (C=O) groups is 2. The Morgan fingerprint density at radius 3 is 2.24 bits per heavy atom. The quantitative estimate of drug-likeness (QED) is 0.758. The SMILES string of the molecule is CCCC(CC)NC(=O)N1CCC(CCC)(C(=O)O)CC1. The zero-order valence-electron chi connectivity index (χ0n) is 13.7. The Balaban J connectivity index is 2.55. The molecule has 21 heavy (non-hydrogen) atoms. The van der Waals surface area contributed by atoms with Gasteiger partial charge >= 0.3 is 12.0 Å². The Morgan fingerprint density at radius 2 is 1.81 bits per heavy atom. The number of nitrogens with zero attached hydrogens (tertiary/aromatic N) is 1. The van der Waals surface area contributed by atoms with E-state index < -0.39 is 11.4 Å². The van der Waals surface area contributed by atoms with Crippen LogP contribution >= 0.6 is 0 Å². The Morgan fingerprint density at radius 1 is 1.19 bits per heavy atom. The van der Waals surface area contributed by atoms with Crippen LogP contribution in [0.25, 0.3) is 0 Å². The number of hydrogen-bond acceptors (Lipinski definition) is 2. The molecule has 1 fully saturated rings. The fourth-order valence-electron chi connectivity index (χ4n) is 3.18. The molecule has 5 nitrogen and oxygen atoms in total. The van der Waals surface area contributed by atoms with Gasteiger partial charge in [0.05, 0.1) is 5.41 Å². The summed E-state index contributed by atoms with van der Waals surface area (Å²) in [7, 11) is 0. The molecule has 1 rings (SSSR count). The number of aliphatic carboxylic acids is 1. The predicted molar refractivity (Wildman–Crippen MR) is 83.3 cm³/mol. The van der Waals surface area contributed by atoms with Gasteiger partial charge in [0, 0.05) is 19.1 Å². The van der Waals surface area contributed by atoms with Crippen molar-refractivity contribution in [2.75, 3.05) is 13.1 Å². The maximum absolute atomic E-state index is 12.2. The van der Waals surface area contributed by atoms with Crippen molar-refractivity contribution in [2.24, 2.45) is 5.41 Å². The topological polar surface area (TPSA) is 69.6 Å². The lowest BCUT2D eigenvalue weighted by molar-refractivity contribution is -0.152. The number of carboxylic acid groups (broad SMARTS) is 1. The van der Waals surface area contributed by atoms with E-state index >= 15 is 0 Å². The van der Waals surface area contributed by atoms with Crippen LogP contribution < -0.4 is 5.32 Å². The van der Waals surface area contributed by atoms with Gasteiger partial charge in [0.25, 0.3) is 0 Å². The molecule has 0 aliphatic carbocycles. The lowest BCUT2D eigenvalue weighted by Gasteiger charge is -2.39. The standard InChI is InChI=1S/C16H30N2O3/c1-4-7-13(6-3)17-15(21)18-11-9-16(8-5-2,10-12-18)14(19)20/h13H,4-12H2,1-3H3,(H,17,21)(H,19,20). The molecule has 2 amide bonds. The Kier molecular flexibility index (Phi) is 6.99. The highest BCUT2D eigenvalue weighted by molar-refractivity contribution is 5.77. The molecule has 0 aromatic carbocycles. The first-order valence-corrected chi connectivity index (χ1v) is 8.28. The lowest BCUT2D eigenvalue weighted by atomic mass is 9.75. The molecule has 0 radical (unpaired) electrons. The van der Waals surface area contributed by atoms with Gasteiger partial charge in [-0.25, -0.2) is 4.79 Å². The predicted octanol–water partition coefficient (Wildman–Crippen LogP) is 3.24. The second-order valence-corrected chi connectivity index (χ2v) is 6.17. The van der Waals surface area contributed by atoms with Gasteiger partial charge in [0.2, 0.25) is 0 Å². The average Bonchev–Trinajstić information content (AvgIpc) is 2.47. The number of likely N-dealkylation sites (tertiary alicyclic amines) is 1. The van der Waals surface area contributed by atoms with Gasteiger partial charge < -0.3 is 15.3 Å². The van der Waals surface area contributed by atoms with Crippen molar-refractivity contribution >= 4 is 12.0 Å². The van der Waals surface area contributed by atoms with Gasteiger partial charge in [-0.15, -0.1) is 0 Å². The van der Waals surface area contributed by atoms with Gasteiger partial charge in [-0.1, -0.05) is 33.6 Å². The minimum absolute atomic E-state index is 0.0363. The highest BCUT2D eigenvalue weighted by Crippen LogP contribution is 2.36. The van der Waals surface area contributed by atoms with Crippen LogP contribution in [-0.4, -0.2) is 41.1 Å². The molecular formula is C16H30N2O3. The third kappa shape index (κ3) is 4.61. The Bertz CT molecular complexity index is 349. The van der Waals surface area contributed by atoms with Crippen molar-refractivity contribution < 1.29 is 14.7 Å². The molecule has 1 saturated heterocycles. The largest absolute Gasteiger partial charge is 0.481 e. The molecule has 0 saturated carbocycles. The summed E-state index contributed by atoms with van der Waals surface area (Å²) in [6, 6.07) is 0.190. The molecule has 1 heterocycles. The molecule has 1 atom stereocenters. The van der Waals surface area contributed by atoms with Crippen LogP contribution in [0.4, 0.5) is 4.79 Å². The van der Waals surface area contributed by atoms with E-state index in [-0.39, 0.29) is 12.1 Å². The van der Waals surface area contributed by atoms with Crippen molar-refractivity contribution in [1.82, 2.24) is 10.2 Å². The number of hydrogen-bond donors (Lipinski definition) is 2. The number of rotatable bonds is 7. The highest BCUT2D eigenvalue weighted by atomic mass is 16.4. The van der Waals surface area contributed by atoms with Gasteiger partial charge in [0.15, 0.2) is 0 Å². The van der Waals surface area contributed by atoms with Crippen LogP contribution in [0.15, 0.2) is 0 Å². The van der Waals surface area contributed by atoms with Gasteiger partial charge in [-0.3, -0.25) is 4.79 Å². The number of carboxylic acids is 1. The zero-order chi connectivity index (χ0) is 15.9. The Labute approximate surface area is 128 Å². The fraction of sp³-hybridized carbons (Fsp3) is 0.875. The van der Waals surface area contributed by atoms with Crippen LogP contribution in [0, 0.1) is 5.41 Å². The van der Waals surface area contributed by atoms with E-state index in [1.54, 1.807) is 4.90 Å². The monoisotopic (exact) mass is 298 g/mol. The second-order valence-electron chi connectivity index (χ2n) is 6.17. The molecular weight excluding hydrogens is 268 g/mol. The molecule has 0 bridgehead atoms. The van der Waals surface area contributed by atoms with Crippen molar-refractivity contribution in [2.45, 2.75) is 71.8 Å². The number of amides is 2. The van der Waals surface area contributed by atoms with Crippen LogP contribution in [0.5, 0.6) is 0 Å². The smallest absolute Gasteiger partial charge is 0.317 e. The van der Waals surface area contributed by atoms with Gasteiger partial charge in [0.1, 0.15) is 0 Å². The van der Waals surface area contributed by atoms with E-state index in [4.69, 9.17) is 0 Å².